The first kappa shape index (κ1) is 13.2. The second kappa shape index (κ2) is 5.05. The molecular formula is C16H12F2O4. The Bertz CT molecular complexity index is 732. The highest BCUT2D eigenvalue weighted by Gasteiger charge is 2.28. The summed E-state index contributed by atoms with van der Waals surface area (Å²) in [6, 6.07) is 7.43. The molecular weight excluding hydrogens is 294 g/mol. The van der Waals surface area contributed by atoms with E-state index in [1.54, 1.807) is 12.1 Å². The van der Waals surface area contributed by atoms with Gasteiger partial charge in [-0.3, -0.25) is 0 Å². The van der Waals surface area contributed by atoms with E-state index in [0.717, 1.165) is 0 Å². The predicted octanol–water partition coefficient (Wildman–Crippen LogP) is 3.25. The minimum Gasteiger partial charge on any atom is -0.486 e. The Morgan fingerprint density at radius 1 is 0.864 bits per heavy atom. The van der Waals surface area contributed by atoms with Gasteiger partial charge in [0.2, 0.25) is 0 Å². The summed E-state index contributed by atoms with van der Waals surface area (Å²) in [6.07, 6.45) is -0.542. The van der Waals surface area contributed by atoms with Crippen molar-refractivity contribution < 1.29 is 27.7 Å². The quantitative estimate of drug-likeness (QED) is 0.810. The van der Waals surface area contributed by atoms with E-state index in [0.29, 0.717) is 30.3 Å². The van der Waals surface area contributed by atoms with Crippen LogP contribution in [0.1, 0.15) is 11.7 Å². The molecule has 0 N–H and O–H groups in total. The van der Waals surface area contributed by atoms with Gasteiger partial charge >= 0.3 is 0 Å². The number of halogens is 2. The van der Waals surface area contributed by atoms with Gasteiger partial charge in [-0.25, -0.2) is 8.78 Å². The maximum atomic E-state index is 14.1. The van der Waals surface area contributed by atoms with Crippen LogP contribution in [0.25, 0.3) is 0 Å². The first-order valence-corrected chi connectivity index (χ1v) is 6.89. The average molecular weight is 306 g/mol. The van der Waals surface area contributed by atoms with E-state index in [2.05, 4.69) is 0 Å². The Balaban J connectivity index is 1.67. The average Bonchev–Trinajstić information content (AvgIpc) is 2.55. The van der Waals surface area contributed by atoms with Crippen LogP contribution in [0.5, 0.6) is 23.0 Å². The minimum absolute atomic E-state index is 0.0803. The van der Waals surface area contributed by atoms with Gasteiger partial charge in [-0.15, -0.1) is 0 Å². The van der Waals surface area contributed by atoms with Crippen LogP contribution < -0.4 is 18.9 Å². The van der Waals surface area contributed by atoms with Crippen molar-refractivity contribution in [1.29, 1.82) is 0 Å². The molecule has 4 rings (SSSR count). The first-order valence-electron chi connectivity index (χ1n) is 6.89. The van der Waals surface area contributed by atoms with E-state index in [-0.39, 0.29) is 18.1 Å². The lowest BCUT2D eigenvalue weighted by atomic mass is 10.1. The Morgan fingerprint density at radius 2 is 1.68 bits per heavy atom. The van der Waals surface area contributed by atoms with Crippen molar-refractivity contribution in [2.24, 2.45) is 0 Å². The number of hydrogen-bond donors (Lipinski definition) is 0. The molecule has 4 nitrogen and oxygen atoms in total. The number of para-hydroxylation sites is 1. The molecule has 0 amide bonds. The van der Waals surface area contributed by atoms with E-state index in [9.17, 15) is 8.78 Å². The number of ether oxygens (including phenoxy) is 4. The van der Waals surface area contributed by atoms with Crippen LogP contribution in [0.4, 0.5) is 8.78 Å². The fraction of sp³-hybridized carbons (Fsp3) is 0.250. The van der Waals surface area contributed by atoms with Gasteiger partial charge in [-0.2, -0.15) is 0 Å². The van der Waals surface area contributed by atoms with Crippen LogP contribution in [0.2, 0.25) is 0 Å². The SMILES string of the molecule is Fc1cc(C2COc3c(F)cccc3O2)cc2c1OCCO2. The van der Waals surface area contributed by atoms with E-state index in [4.69, 9.17) is 18.9 Å². The van der Waals surface area contributed by atoms with Crippen molar-refractivity contribution >= 4 is 0 Å². The second-order valence-corrected chi connectivity index (χ2v) is 5.01. The highest BCUT2D eigenvalue weighted by atomic mass is 19.1. The topological polar surface area (TPSA) is 36.9 Å². The molecule has 114 valence electrons. The molecule has 0 bridgehead atoms. The molecule has 0 saturated heterocycles. The summed E-state index contributed by atoms with van der Waals surface area (Å²) in [7, 11) is 0. The zero-order valence-corrected chi connectivity index (χ0v) is 11.5. The van der Waals surface area contributed by atoms with Crippen molar-refractivity contribution in [3.8, 4) is 23.0 Å². The summed E-state index contributed by atoms with van der Waals surface area (Å²) in [4.78, 5) is 0. The van der Waals surface area contributed by atoms with E-state index >= 15 is 0 Å². The van der Waals surface area contributed by atoms with Crippen LogP contribution >= 0.6 is 0 Å². The molecule has 22 heavy (non-hydrogen) atoms. The van der Waals surface area contributed by atoms with E-state index < -0.39 is 17.7 Å². The van der Waals surface area contributed by atoms with Crippen molar-refractivity contribution in [2.45, 2.75) is 6.10 Å². The molecule has 2 aliphatic rings. The highest BCUT2D eigenvalue weighted by molar-refractivity contribution is 5.47. The maximum absolute atomic E-state index is 14.1. The summed E-state index contributed by atoms with van der Waals surface area (Å²) >= 11 is 0. The Hall–Kier alpha value is -2.50. The lowest BCUT2D eigenvalue weighted by Gasteiger charge is -2.28. The van der Waals surface area contributed by atoms with Gasteiger partial charge in [-0.1, -0.05) is 6.07 Å². The number of rotatable bonds is 1. The smallest absolute Gasteiger partial charge is 0.197 e. The van der Waals surface area contributed by atoms with Gasteiger partial charge in [0.05, 0.1) is 0 Å². The molecule has 2 aliphatic heterocycles. The first-order chi connectivity index (χ1) is 10.7. The van der Waals surface area contributed by atoms with Gasteiger partial charge in [0.1, 0.15) is 19.8 Å². The van der Waals surface area contributed by atoms with E-state index in [1.165, 1.54) is 18.2 Å². The normalized spacial score (nSPS) is 18.9. The monoisotopic (exact) mass is 306 g/mol. The molecule has 0 fully saturated rings. The summed E-state index contributed by atoms with van der Waals surface area (Å²) in [5, 5.41) is 0. The third kappa shape index (κ3) is 2.11. The molecule has 2 aromatic carbocycles. The van der Waals surface area contributed by atoms with Crippen LogP contribution in [0, 0.1) is 11.6 Å². The molecule has 2 heterocycles. The minimum atomic E-state index is -0.542. The number of benzene rings is 2. The predicted molar refractivity (Wildman–Crippen MR) is 72.7 cm³/mol. The molecule has 2 aromatic rings. The molecule has 0 spiro atoms. The number of fused-ring (bicyclic) bond motifs is 2. The third-order valence-electron chi connectivity index (χ3n) is 3.57. The molecule has 6 heteroatoms. The largest absolute Gasteiger partial charge is 0.486 e. The van der Waals surface area contributed by atoms with Crippen LogP contribution in [-0.4, -0.2) is 19.8 Å². The summed E-state index contributed by atoms with van der Waals surface area (Å²) in [6.45, 7) is 0.776. The van der Waals surface area contributed by atoms with E-state index in [1.807, 2.05) is 0 Å². The standard InChI is InChI=1S/C16H12F2O4/c17-10-2-1-3-12-15(10)21-8-14(22-12)9-6-11(18)16-13(7-9)19-4-5-20-16/h1-3,6-7,14H,4-5,8H2. The Morgan fingerprint density at radius 3 is 2.59 bits per heavy atom. The summed E-state index contributed by atoms with van der Waals surface area (Å²) in [5.41, 5.74) is 0.552. The molecule has 0 saturated carbocycles. The Labute approximate surface area is 125 Å². The summed E-state index contributed by atoms with van der Waals surface area (Å²) < 4.78 is 49.5. The van der Waals surface area contributed by atoms with Gasteiger partial charge < -0.3 is 18.9 Å². The van der Waals surface area contributed by atoms with Crippen molar-refractivity contribution in [1.82, 2.24) is 0 Å². The molecule has 0 aliphatic carbocycles. The lowest BCUT2D eigenvalue weighted by Crippen LogP contribution is -2.23. The zero-order valence-electron chi connectivity index (χ0n) is 11.5. The van der Waals surface area contributed by atoms with Crippen LogP contribution in [-0.2, 0) is 0 Å². The number of hydrogen-bond acceptors (Lipinski definition) is 4. The van der Waals surface area contributed by atoms with Crippen molar-refractivity contribution in [3.63, 3.8) is 0 Å². The van der Waals surface area contributed by atoms with Gasteiger partial charge in [0.15, 0.2) is 40.7 Å². The van der Waals surface area contributed by atoms with Gasteiger partial charge in [-0.05, 0) is 24.3 Å². The zero-order chi connectivity index (χ0) is 15.1. The molecule has 1 unspecified atom stereocenters. The molecule has 0 aromatic heterocycles. The molecule has 0 radical (unpaired) electrons. The third-order valence-corrected chi connectivity index (χ3v) is 3.57. The van der Waals surface area contributed by atoms with Crippen molar-refractivity contribution in [2.75, 3.05) is 19.8 Å². The molecule has 1 atom stereocenters. The second-order valence-electron chi connectivity index (χ2n) is 5.01. The van der Waals surface area contributed by atoms with Crippen LogP contribution in [0.15, 0.2) is 30.3 Å². The fourth-order valence-corrected chi connectivity index (χ4v) is 2.55. The van der Waals surface area contributed by atoms with Gasteiger partial charge in [0, 0.05) is 5.56 Å². The summed E-state index contributed by atoms with van der Waals surface area (Å²) in [5.74, 6) is -0.165. The van der Waals surface area contributed by atoms with Crippen molar-refractivity contribution in [3.05, 3.63) is 47.5 Å². The van der Waals surface area contributed by atoms with Crippen LogP contribution in [0.3, 0.4) is 0 Å². The highest BCUT2D eigenvalue weighted by Crippen LogP contribution is 2.41. The fourth-order valence-electron chi connectivity index (χ4n) is 2.55. The van der Waals surface area contributed by atoms with Gasteiger partial charge in [0.25, 0.3) is 0 Å². The lowest BCUT2D eigenvalue weighted by molar-refractivity contribution is 0.0858. The Kier molecular flexibility index (Phi) is 3.03. The maximum Gasteiger partial charge on any atom is 0.197 e.